The van der Waals surface area contributed by atoms with Crippen molar-refractivity contribution in [2.24, 2.45) is 0 Å². The minimum atomic E-state index is -4.30. The molecule has 0 saturated carbocycles. The third-order valence-electron chi connectivity index (χ3n) is 5.67. The number of benzene rings is 1. The summed E-state index contributed by atoms with van der Waals surface area (Å²) in [4.78, 5) is 20.5. The van der Waals surface area contributed by atoms with Gasteiger partial charge in [0.15, 0.2) is 0 Å². The van der Waals surface area contributed by atoms with Crippen LogP contribution in [0.5, 0.6) is 0 Å². The molecule has 2 aliphatic heterocycles. The highest BCUT2D eigenvalue weighted by molar-refractivity contribution is 5.75. The predicted octanol–water partition coefficient (Wildman–Crippen LogP) is 2.38. The second-order valence-corrected chi connectivity index (χ2v) is 7.45. The van der Waals surface area contributed by atoms with Gasteiger partial charge in [0.2, 0.25) is 5.91 Å². The van der Waals surface area contributed by atoms with E-state index in [1.54, 1.807) is 6.07 Å². The lowest BCUT2D eigenvalue weighted by atomic mass is 10.1. The SMILES string of the molecule is CCC(=O)N1CCN(CCN2CCN(c3cccc(C(F)(F)F)c3)CC2)CC1. The van der Waals surface area contributed by atoms with E-state index < -0.39 is 11.7 Å². The summed E-state index contributed by atoms with van der Waals surface area (Å²) in [6.45, 7) is 10.4. The molecule has 2 aliphatic rings. The Morgan fingerprint density at radius 1 is 0.929 bits per heavy atom. The molecule has 3 rings (SSSR count). The van der Waals surface area contributed by atoms with Crippen LogP contribution in [-0.2, 0) is 11.0 Å². The van der Waals surface area contributed by atoms with Crippen LogP contribution in [-0.4, -0.2) is 86.1 Å². The number of hydrogen-bond donors (Lipinski definition) is 0. The normalized spacial score (nSPS) is 19.9. The fourth-order valence-electron chi connectivity index (χ4n) is 3.84. The summed E-state index contributed by atoms with van der Waals surface area (Å²) in [5, 5.41) is 0. The molecule has 0 aliphatic carbocycles. The fraction of sp³-hybridized carbons (Fsp3) is 0.650. The second kappa shape index (κ2) is 9.13. The molecule has 0 spiro atoms. The predicted molar refractivity (Wildman–Crippen MR) is 103 cm³/mol. The Labute approximate surface area is 164 Å². The van der Waals surface area contributed by atoms with E-state index in [0.29, 0.717) is 12.1 Å². The summed E-state index contributed by atoms with van der Waals surface area (Å²) in [6, 6.07) is 5.59. The highest BCUT2D eigenvalue weighted by atomic mass is 19.4. The molecule has 1 amide bonds. The Hall–Kier alpha value is -1.80. The number of alkyl halides is 3. The first-order valence-electron chi connectivity index (χ1n) is 10.0. The van der Waals surface area contributed by atoms with Crippen molar-refractivity contribution in [3.05, 3.63) is 29.8 Å². The standard InChI is InChI=1S/C20H29F3N4O/c1-2-19(28)27-14-10-25(11-15-27)7-6-24-8-12-26(13-9-24)18-5-3-4-17(16-18)20(21,22)23/h3-5,16H,2,6-15H2,1H3. The Bertz CT molecular complexity index is 651. The van der Waals surface area contributed by atoms with Gasteiger partial charge < -0.3 is 9.80 Å². The van der Waals surface area contributed by atoms with E-state index >= 15 is 0 Å². The molecular weight excluding hydrogens is 369 g/mol. The van der Waals surface area contributed by atoms with Crippen molar-refractivity contribution in [1.82, 2.24) is 14.7 Å². The van der Waals surface area contributed by atoms with Crippen molar-refractivity contribution in [2.75, 3.05) is 70.3 Å². The lowest BCUT2D eigenvalue weighted by molar-refractivity contribution is -0.137. The molecular formula is C20H29F3N4O. The van der Waals surface area contributed by atoms with E-state index in [0.717, 1.165) is 71.5 Å². The Kier molecular flexibility index (Phi) is 6.82. The van der Waals surface area contributed by atoms with Gasteiger partial charge in [-0.25, -0.2) is 0 Å². The maximum atomic E-state index is 12.9. The number of amides is 1. The summed E-state index contributed by atoms with van der Waals surface area (Å²) >= 11 is 0. The molecule has 0 unspecified atom stereocenters. The van der Waals surface area contributed by atoms with Crippen LogP contribution in [0.25, 0.3) is 0 Å². The molecule has 8 heteroatoms. The zero-order valence-electron chi connectivity index (χ0n) is 16.4. The van der Waals surface area contributed by atoms with Crippen LogP contribution in [0.3, 0.4) is 0 Å². The van der Waals surface area contributed by atoms with Crippen LogP contribution in [0.1, 0.15) is 18.9 Å². The maximum absolute atomic E-state index is 12.9. The molecule has 2 heterocycles. The van der Waals surface area contributed by atoms with Crippen LogP contribution in [0, 0.1) is 0 Å². The molecule has 0 radical (unpaired) electrons. The van der Waals surface area contributed by atoms with E-state index in [1.165, 1.54) is 12.1 Å². The zero-order chi connectivity index (χ0) is 20.1. The molecule has 2 fully saturated rings. The summed E-state index contributed by atoms with van der Waals surface area (Å²) in [5.74, 6) is 0.227. The van der Waals surface area contributed by atoms with Crippen molar-refractivity contribution in [2.45, 2.75) is 19.5 Å². The molecule has 1 aromatic carbocycles. The Morgan fingerprint density at radius 2 is 1.50 bits per heavy atom. The molecule has 0 atom stereocenters. The van der Waals surface area contributed by atoms with Gasteiger partial charge in [-0.15, -0.1) is 0 Å². The number of hydrogen-bond acceptors (Lipinski definition) is 4. The van der Waals surface area contributed by atoms with Gasteiger partial charge in [0.1, 0.15) is 0 Å². The summed E-state index contributed by atoms with van der Waals surface area (Å²) in [6.07, 6.45) is -3.74. The Morgan fingerprint density at radius 3 is 2.04 bits per heavy atom. The third kappa shape index (κ3) is 5.38. The topological polar surface area (TPSA) is 30.0 Å². The highest BCUT2D eigenvalue weighted by Crippen LogP contribution is 2.31. The average Bonchev–Trinajstić information content (AvgIpc) is 2.72. The number of halogens is 3. The molecule has 0 bridgehead atoms. The number of piperazine rings is 2. The number of carbonyl (C=O) groups is 1. The monoisotopic (exact) mass is 398 g/mol. The van der Waals surface area contributed by atoms with Gasteiger partial charge >= 0.3 is 6.18 Å². The number of carbonyl (C=O) groups excluding carboxylic acids is 1. The molecule has 2 saturated heterocycles. The molecule has 28 heavy (non-hydrogen) atoms. The first-order valence-corrected chi connectivity index (χ1v) is 10.0. The summed E-state index contributed by atoms with van der Waals surface area (Å²) in [5.41, 5.74) is 0.0549. The lowest BCUT2D eigenvalue weighted by Gasteiger charge is -2.39. The van der Waals surface area contributed by atoms with Crippen LogP contribution < -0.4 is 4.90 Å². The molecule has 5 nitrogen and oxygen atoms in total. The van der Waals surface area contributed by atoms with Crippen molar-refractivity contribution in [3.8, 4) is 0 Å². The lowest BCUT2D eigenvalue weighted by Crippen LogP contribution is -2.52. The average molecular weight is 398 g/mol. The van der Waals surface area contributed by atoms with E-state index in [9.17, 15) is 18.0 Å². The van der Waals surface area contributed by atoms with E-state index in [1.807, 2.05) is 16.7 Å². The van der Waals surface area contributed by atoms with Gasteiger partial charge in [0.25, 0.3) is 0 Å². The third-order valence-corrected chi connectivity index (χ3v) is 5.67. The second-order valence-electron chi connectivity index (χ2n) is 7.45. The summed E-state index contributed by atoms with van der Waals surface area (Å²) < 4.78 is 38.7. The Balaban J connectivity index is 1.41. The van der Waals surface area contributed by atoms with E-state index in [2.05, 4.69) is 9.80 Å². The van der Waals surface area contributed by atoms with Crippen molar-refractivity contribution in [1.29, 1.82) is 0 Å². The fourth-order valence-corrected chi connectivity index (χ4v) is 3.84. The van der Waals surface area contributed by atoms with E-state index in [-0.39, 0.29) is 5.91 Å². The number of nitrogens with zero attached hydrogens (tertiary/aromatic N) is 4. The first kappa shape index (κ1) is 20.9. The van der Waals surface area contributed by atoms with Crippen LogP contribution in [0.4, 0.5) is 18.9 Å². The van der Waals surface area contributed by atoms with Gasteiger partial charge in [-0.05, 0) is 18.2 Å². The largest absolute Gasteiger partial charge is 0.416 e. The maximum Gasteiger partial charge on any atom is 0.416 e. The first-order chi connectivity index (χ1) is 13.4. The van der Waals surface area contributed by atoms with Gasteiger partial charge in [0, 0.05) is 77.6 Å². The molecule has 0 aromatic heterocycles. The molecule has 1 aromatic rings. The van der Waals surface area contributed by atoms with E-state index in [4.69, 9.17) is 0 Å². The quantitative estimate of drug-likeness (QED) is 0.762. The van der Waals surface area contributed by atoms with Crippen molar-refractivity contribution < 1.29 is 18.0 Å². The van der Waals surface area contributed by atoms with Crippen molar-refractivity contribution in [3.63, 3.8) is 0 Å². The zero-order valence-corrected chi connectivity index (χ0v) is 16.4. The number of rotatable bonds is 5. The van der Waals surface area contributed by atoms with Crippen LogP contribution in [0.2, 0.25) is 0 Å². The smallest absolute Gasteiger partial charge is 0.369 e. The van der Waals surface area contributed by atoms with Crippen LogP contribution >= 0.6 is 0 Å². The van der Waals surface area contributed by atoms with Crippen LogP contribution in [0.15, 0.2) is 24.3 Å². The van der Waals surface area contributed by atoms with Gasteiger partial charge in [-0.1, -0.05) is 13.0 Å². The van der Waals surface area contributed by atoms with Gasteiger partial charge in [-0.2, -0.15) is 13.2 Å². The minimum Gasteiger partial charge on any atom is -0.369 e. The minimum absolute atomic E-state index is 0.227. The highest BCUT2D eigenvalue weighted by Gasteiger charge is 2.31. The van der Waals surface area contributed by atoms with Gasteiger partial charge in [0.05, 0.1) is 5.56 Å². The van der Waals surface area contributed by atoms with Gasteiger partial charge in [-0.3, -0.25) is 14.6 Å². The summed E-state index contributed by atoms with van der Waals surface area (Å²) in [7, 11) is 0. The van der Waals surface area contributed by atoms with Crippen molar-refractivity contribution >= 4 is 11.6 Å². The molecule has 0 N–H and O–H groups in total. The molecule has 156 valence electrons. The number of anilines is 1.